The molecule has 0 spiro atoms. The van der Waals surface area contributed by atoms with E-state index in [1.165, 1.54) is 0 Å². The normalized spacial score (nSPS) is 13.8. The average molecular weight is 470 g/mol. The fourth-order valence-electron chi connectivity index (χ4n) is 4.45. The zero-order valence-electron chi connectivity index (χ0n) is 21.8. The number of hydrazine groups is 1. The minimum atomic E-state index is -0.633. The van der Waals surface area contributed by atoms with Crippen molar-refractivity contribution >= 4 is 0 Å². The van der Waals surface area contributed by atoms with Gasteiger partial charge in [-0.1, -0.05) is 26.0 Å². The summed E-state index contributed by atoms with van der Waals surface area (Å²) in [5.41, 5.74) is 4.75. The Bertz CT molecular complexity index is 973. The maximum Gasteiger partial charge on any atom is 0.161 e. The van der Waals surface area contributed by atoms with Crippen molar-refractivity contribution in [3.8, 4) is 29.1 Å². The van der Waals surface area contributed by atoms with Gasteiger partial charge in [-0.25, -0.2) is 5.01 Å². The zero-order chi connectivity index (χ0) is 25.3. The van der Waals surface area contributed by atoms with Gasteiger partial charge in [-0.15, -0.1) is 0 Å². The maximum absolute atomic E-state index is 10.3. The molecule has 2 unspecified atom stereocenters. The van der Waals surface area contributed by atoms with Crippen LogP contribution in [-0.2, 0) is 5.41 Å². The van der Waals surface area contributed by atoms with E-state index in [0.29, 0.717) is 29.4 Å². The largest absolute Gasteiger partial charge is 0.493 e. The molecule has 0 radical (unpaired) electrons. The van der Waals surface area contributed by atoms with Crippen molar-refractivity contribution in [1.82, 2.24) is 10.4 Å². The standard InChI is InChI=1S/C27H39N3O4/c1-19(2)27(18-28,22-11-13-24(32-6)26(17-22)34-8)14-9-15-30(29-4)20(3)21-10-12-23(31-5)25(16-21)33-7/h10-13,16-17,19-20,29H,9,14-15H2,1-8H3. The molecule has 0 aliphatic rings. The van der Waals surface area contributed by atoms with E-state index < -0.39 is 5.41 Å². The fourth-order valence-corrected chi connectivity index (χ4v) is 4.45. The summed E-state index contributed by atoms with van der Waals surface area (Å²) in [6, 6.07) is 14.5. The predicted octanol–water partition coefficient (Wildman–Crippen LogP) is 5.12. The van der Waals surface area contributed by atoms with Crippen LogP contribution in [0.5, 0.6) is 23.0 Å². The highest BCUT2D eigenvalue weighted by Gasteiger charge is 2.36. The molecule has 0 aliphatic carbocycles. The Balaban J connectivity index is 2.22. The highest BCUT2D eigenvalue weighted by atomic mass is 16.5. The van der Waals surface area contributed by atoms with Gasteiger partial charge in [0.25, 0.3) is 0 Å². The minimum Gasteiger partial charge on any atom is -0.493 e. The minimum absolute atomic E-state index is 0.0985. The van der Waals surface area contributed by atoms with Gasteiger partial charge in [0.1, 0.15) is 0 Å². The van der Waals surface area contributed by atoms with Crippen LogP contribution in [0.4, 0.5) is 0 Å². The summed E-state index contributed by atoms with van der Waals surface area (Å²) in [6.45, 7) is 7.12. The SMILES string of the molecule is CNN(CCCC(C#N)(c1ccc(OC)c(OC)c1)C(C)C)C(C)c1ccc(OC)c(OC)c1. The van der Waals surface area contributed by atoms with Crippen LogP contribution in [0.1, 0.15) is 50.8 Å². The molecule has 0 aromatic heterocycles. The molecule has 0 bridgehead atoms. The van der Waals surface area contributed by atoms with E-state index in [-0.39, 0.29) is 12.0 Å². The molecule has 2 rings (SSSR count). The van der Waals surface area contributed by atoms with Crippen molar-refractivity contribution in [2.75, 3.05) is 42.0 Å². The summed E-state index contributed by atoms with van der Waals surface area (Å²) in [4.78, 5) is 0. The monoisotopic (exact) mass is 469 g/mol. The third kappa shape index (κ3) is 5.75. The Morgan fingerprint density at radius 3 is 1.94 bits per heavy atom. The number of benzene rings is 2. The second-order valence-corrected chi connectivity index (χ2v) is 8.62. The molecular weight excluding hydrogens is 430 g/mol. The number of methoxy groups -OCH3 is 4. The second-order valence-electron chi connectivity index (χ2n) is 8.62. The van der Waals surface area contributed by atoms with Crippen LogP contribution in [0, 0.1) is 17.2 Å². The lowest BCUT2D eigenvalue weighted by Gasteiger charge is -2.34. The van der Waals surface area contributed by atoms with Crippen LogP contribution < -0.4 is 24.4 Å². The van der Waals surface area contributed by atoms with E-state index in [4.69, 9.17) is 18.9 Å². The Morgan fingerprint density at radius 2 is 1.44 bits per heavy atom. The third-order valence-corrected chi connectivity index (χ3v) is 6.70. The molecule has 1 N–H and O–H groups in total. The molecular formula is C27H39N3O4. The van der Waals surface area contributed by atoms with Crippen LogP contribution in [-0.4, -0.2) is 47.0 Å². The smallest absolute Gasteiger partial charge is 0.161 e. The molecule has 7 heteroatoms. The number of nitrogens with one attached hydrogen (secondary N) is 1. The van der Waals surface area contributed by atoms with E-state index in [9.17, 15) is 5.26 Å². The van der Waals surface area contributed by atoms with Gasteiger partial charge in [0.05, 0.1) is 39.9 Å². The molecule has 0 aliphatic heterocycles. The third-order valence-electron chi connectivity index (χ3n) is 6.70. The van der Waals surface area contributed by atoms with Crippen LogP contribution in [0.3, 0.4) is 0 Å². The molecule has 2 atom stereocenters. The van der Waals surface area contributed by atoms with Gasteiger partial charge in [-0.2, -0.15) is 5.26 Å². The molecule has 34 heavy (non-hydrogen) atoms. The highest BCUT2D eigenvalue weighted by Crippen LogP contribution is 2.40. The number of nitrogens with zero attached hydrogens (tertiary/aromatic N) is 2. The van der Waals surface area contributed by atoms with Crippen molar-refractivity contribution in [3.63, 3.8) is 0 Å². The van der Waals surface area contributed by atoms with Gasteiger partial charge in [0.15, 0.2) is 23.0 Å². The second kappa shape index (κ2) is 12.5. The van der Waals surface area contributed by atoms with Crippen molar-refractivity contribution in [2.24, 2.45) is 5.92 Å². The molecule has 186 valence electrons. The number of hydrogen-bond donors (Lipinski definition) is 1. The van der Waals surface area contributed by atoms with Crippen molar-refractivity contribution in [1.29, 1.82) is 5.26 Å². The molecule has 0 fully saturated rings. The number of ether oxygens (including phenoxy) is 4. The lowest BCUT2D eigenvalue weighted by molar-refractivity contribution is 0.141. The van der Waals surface area contributed by atoms with Gasteiger partial charge in [-0.05, 0) is 68.1 Å². The first-order valence-corrected chi connectivity index (χ1v) is 11.6. The first-order valence-electron chi connectivity index (χ1n) is 11.6. The zero-order valence-corrected chi connectivity index (χ0v) is 21.8. The van der Waals surface area contributed by atoms with E-state index in [1.807, 2.05) is 43.4 Å². The summed E-state index contributed by atoms with van der Waals surface area (Å²) in [5, 5.41) is 12.5. The summed E-state index contributed by atoms with van der Waals surface area (Å²) < 4.78 is 21.7. The van der Waals surface area contributed by atoms with Crippen LogP contribution in [0.15, 0.2) is 36.4 Å². The summed E-state index contributed by atoms with van der Waals surface area (Å²) in [7, 11) is 8.43. The van der Waals surface area contributed by atoms with Gasteiger partial charge >= 0.3 is 0 Å². The first kappa shape index (κ1) is 27.3. The summed E-state index contributed by atoms with van der Waals surface area (Å²) in [6.07, 6.45) is 1.55. The van der Waals surface area contributed by atoms with Crippen LogP contribution in [0.25, 0.3) is 0 Å². The van der Waals surface area contributed by atoms with E-state index in [0.717, 1.165) is 24.1 Å². The molecule has 0 saturated heterocycles. The molecule has 0 saturated carbocycles. The molecule has 0 heterocycles. The van der Waals surface area contributed by atoms with Gasteiger partial charge in [0, 0.05) is 12.6 Å². The van der Waals surface area contributed by atoms with Crippen molar-refractivity contribution in [3.05, 3.63) is 47.5 Å². The number of nitriles is 1. The van der Waals surface area contributed by atoms with Crippen molar-refractivity contribution in [2.45, 2.75) is 45.1 Å². The Hall–Kier alpha value is -2.95. The van der Waals surface area contributed by atoms with Gasteiger partial charge in [-0.3, -0.25) is 5.43 Å². The lowest BCUT2D eigenvalue weighted by Crippen LogP contribution is -2.39. The number of hydrogen-bond acceptors (Lipinski definition) is 7. The quantitative estimate of drug-likeness (QED) is 0.408. The average Bonchev–Trinajstić information content (AvgIpc) is 2.87. The Kier molecular flexibility index (Phi) is 10.0. The predicted molar refractivity (Wildman–Crippen MR) is 135 cm³/mol. The van der Waals surface area contributed by atoms with Crippen molar-refractivity contribution < 1.29 is 18.9 Å². The first-order chi connectivity index (χ1) is 16.3. The fraction of sp³-hybridized carbons (Fsp3) is 0.519. The van der Waals surface area contributed by atoms with Gasteiger partial charge in [0.2, 0.25) is 0 Å². The maximum atomic E-state index is 10.3. The highest BCUT2D eigenvalue weighted by molar-refractivity contribution is 5.47. The topological polar surface area (TPSA) is 76.0 Å². The molecule has 2 aromatic rings. The summed E-state index contributed by atoms with van der Waals surface area (Å²) >= 11 is 0. The van der Waals surface area contributed by atoms with E-state index in [1.54, 1.807) is 28.4 Å². The number of rotatable bonds is 13. The Labute approximate surface area is 204 Å². The van der Waals surface area contributed by atoms with E-state index >= 15 is 0 Å². The van der Waals surface area contributed by atoms with E-state index in [2.05, 4.69) is 37.3 Å². The van der Waals surface area contributed by atoms with Crippen LogP contribution >= 0.6 is 0 Å². The molecule has 2 aromatic carbocycles. The Morgan fingerprint density at radius 1 is 0.882 bits per heavy atom. The van der Waals surface area contributed by atoms with Gasteiger partial charge < -0.3 is 18.9 Å². The molecule has 7 nitrogen and oxygen atoms in total. The van der Waals surface area contributed by atoms with Crippen LogP contribution in [0.2, 0.25) is 0 Å². The summed E-state index contributed by atoms with van der Waals surface area (Å²) in [5.74, 6) is 2.84. The lowest BCUT2D eigenvalue weighted by atomic mass is 9.69. The molecule has 0 amide bonds.